The molecule has 2 aromatic carbocycles. The van der Waals surface area contributed by atoms with Crippen LogP contribution in [-0.2, 0) is 11.3 Å². The van der Waals surface area contributed by atoms with Crippen molar-refractivity contribution in [2.75, 3.05) is 13.4 Å². The van der Waals surface area contributed by atoms with Gasteiger partial charge in [-0.2, -0.15) is 5.26 Å². The predicted octanol–water partition coefficient (Wildman–Crippen LogP) is 3.43. The fraction of sp³-hybridized carbons (Fsp3) is 0.238. The number of nitrogens with zero attached hydrogens (tertiary/aromatic N) is 1. The molecule has 6 heteroatoms. The number of ether oxygens (including phenoxy) is 3. The maximum Gasteiger partial charge on any atom is 0.262 e. The summed E-state index contributed by atoms with van der Waals surface area (Å²) in [6.07, 6.45) is 2.42. The van der Waals surface area contributed by atoms with E-state index in [1.54, 1.807) is 12.1 Å². The highest BCUT2D eigenvalue weighted by molar-refractivity contribution is 6.01. The molecule has 0 aromatic heterocycles. The van der Waals surface area contributed by atoms with Crippen molar-refractivity contribution in [1.29, 1.82) is 5.26 Å². The van der Waals surface area contributed by atoms with E-state index in [-0.39, 0.29) is 18.9 Å². The van der Waals surface area contributed by atoms with Gasteiger partial charge in [-0.1, -0.05) is 31.2 Å². The molecule has 1 heterocycles. The first-order chi connectivity index (χ1) is 13.2. The molecule has 0 spiro atoms. The second-order valence-electron chi connectivity index (χ2n) is 5.93. The van der Waals surface area contributed by atoms with Crippen molar-refractivity contribution in [1.82, 2.24) is 5.32 Å². The largest absolute Gasteiger partial charge is 0.493 e. The summed E-state index contributed by atoms with van der Waals surface area (Å²) in [6, 6.07) is 14.7. The Labute approximate surface area is 158 Å². The maximum atomic E-state index is 12.4. The van der Waals surface area contributed by atoms with Gasteiger partial charge in [-0.25, -0.2) is 0 Å². The van der Waals surface area contributed by atoms with Gasteiger partial charge in [0.15, 0.2) is 11.5 Å². The van der Waals surface area contributed by atoms with E-state index in [1.807, 2.05) is 49.4 Å². The number of carbonyl (C=O) groups is 1. The number of nitrogens with one attached hydrogen (secondary N) is 1. The van der Waals surface area contributed by atoms with E-state index in [0.29, 0.717) is 29.4 Å². The van der Waals surface area contributed by atoms with E-state index < -0.39 is 5.91 Å². The highest BCUT2D eigenvalue weighted by Gasteiger charge is 2.14. The van der Waals surface area contributed by atoms with Crippen LogP contribution in [0.25, 0.3) is 6.08 Å². The van der Waals surface area contributed by atoms with Gasteiger partial charge in [0.2, 0.25) is 6.79 Å². The van der Waals surface area contributed by atoms with Crippen LogP contribution in [0, 0.1) is 11.3 Å². The van der Waals surface area contributed by atoms with Gasteiger partial charge in [-0.15, -0.1) is 0 Å². The molecule has 0 fully saturated rings. The minimum absolute atomic E-state index is 0.0169. The molecule has 1 aliphatic heterocycles. The molecular weight excluding hydrogens is 344 g/mol. The molecule has 1 N–H and O–H groups in total. The van der Waals surface area contributed by atoms with Gasteiger partial charge in [0.25, 0.3) is 5.91 Å². The second-order valence-corrected chi connectivity index (χ2v) is 5.93. The van der Waals surface area contributed by atoms with Gasteiger partial charge in [0.05, 0.1) is 6.61 Å². The summed E-state index contributed by atoms with van der Waals surface area (Å²) in [5, 5.41) is 12.1. The third-order valence-corrected chi connectivity index (χ3v) is 3.94. The molecule has 0 saturated carbocycles. The smallest absolute Gasteiger partial charge is 0.262 e. The highest BCUT2D eigenvalue weighted by atomic mass is 16.7. The molecule has 0 aliphatic carbocycles. The lowest BCUT2D eigenvalue weighted by Gasteiger charge is -2.09. The summed E-state index contributed by atoms with van der Waals surface area (Å²) < 4.78 is 16.3. The molecule has 6 nitrogen and oxygen atoms in total. The molecule has 0 radical (unpaired) electrons. The normalized spacial score (nSPS) is 12.4. The number of rotatable bonds is 7. The summed E-state index contributed by atoms with van der Waals surface area (Å²) in [7, 11) is 0. The number of benzene rings is 2. The summed E-state index contributed by atoms with van der Waals surface area (Å²) >= 11 is 0. The Morgan fingerprint density at radius 1 is 1.26 bits per heavy atom. The van der Waals surface area contributed by atoms with Crippen molar-refractivity contribution < 1.29 is 19.0 Å². The van der Waals surface area contributed by atoms with Gasteiger partial charge in [0, 0.05) is 12.1 Å². The summed E-state index contributed by atoms with van der Waals surface area (Å²) in [4.78, 5) is 12.4. The zero-order chi connectivity index (χ0) is 19.1. The molecule has 0 saturated heterocycles. The number of para-hydroxylation sites is 1. The first-order valence-electron chi connectivity index (χ1n) is 8.71. The van der Waals surface area contributed by atoms with Crippen LogP contribution in [-0.4, -0.2) is 19.3 Å². The number of fused-ring (bicyclic) bond motifs is 1. The Balaban J connectivity index is 1.69. The van der Waals surface area contributed by atoms with Crippen LogP contribution in [0.1, 0.15) is 24.5 Å². The monoisotopic (exact) mass is 364 g/mol. The van der Waals surface area contributed by atoms with Gasteiger partial charge >= 0.3 is 0 Å². The van der Waals surface area contributed by atoms with E-state index in [0.717, 1.165) is 12.0 Å². The Bertz CT molecular complexity index is 899. The SMILES string of the molecule is CCCOc1ccccc1C=C(C#N)C(=O)NCc1ccc2c(c1)OCO2. The number of carbonyl (C=O) groups excluding carboxylic acids is 1. The van der Waals surface area contributed by atoms with Gasteiger partial charge in [0.1, 0.15) is 17.4 Å². The minimum atomic E-state index is -0.444. The first-order valence-corrected chi connectivity index (χ1v) is 8.71. The van der Waals surface area contributed by atoms with Crippen LogP contribution in [0.15, 0.2) is 48.0 Å². The van der Waals surface area contributed by atoms with Gasteiger partial charge in [-0.3, -0.25) is 4.79 Å². The zero-order valence-corrected chi connectivity index (χ0v) is 15.0. The van der Waals surface area contributed by atoms with E-state index >= 15 is 0 Å². The molecule has 0 atom stereocenters. The van der Waals surface area contributed by atoms with Crippen LogP contribution < -0.4 is 19.5 Å². The molecule has 1 aliphatic rings. The van der Waals surface area contributed by atoms with Crippen molar-refractivity contribution in [2.45, 2.75) is 19.9 Å². The number of nitriles is 1. The Morgan fingerprint density at radius 3 is 2.89 bits per heavy atom. The molecule has 138 valence electrons. The molecule has 0 unspecified atom stereocenters. The van der Waals surface area contributed by atoms with Crippen LogP contribution >= 0.6 is 0 Å². The molecular formula is C21H20N2O4. The first kappa shape index (κ1) is 18.3. The Kier molecular flexibility index (Phi) is 5.95. The Hall–Kier alpha value is -3.46. The predicted molar refractivity (Wildman–Crippen MR) is 100 cm³/mol. The highest BCUT2D eigenvalue weighted by Crippen LogP contribution is 2.32. The van der Waals surface area contributed by atoms with Crippen LogP contribution in [0.5, 0.6) is 17.2 Å². The standard InChI is InChI=1S/C21H20N2O4/c1-2-9-25-18-6-4-3-5-16(18)11-17(12-22)21(24)23-13-15-7-8-19-20(10-15)27-14-26-19/h3-8,10-11H,2,9,13-14H2,1H3,(H,23,24). The van der Waals surface area contributed by atoms with E-state index in [9.17, 15) is 10.1 Å². The summed E-state index contributed by atoms with van der Waals surface area (Å²) in [5.41, 5.74) is 1.57. The lowest BCUT2D eigenvalue weighted by atomic mass is 10.1. The quantitative estimate of drug-likeness (QED) is 0.601. The van der Waals surface area contributed by atoms with E-state index in [2.05, 4.69) is 5.32 Å². The van der Waals surface area contributed by atoms with Crippen LogP contribution in [0.2, 0.25) is 0 Å². The molecule has 27 heavy (non-hydrogen) atoms. The topological polar surface area (TPSA) is 80.6 Å². The van der Waals surface area contributed by atoms with Crippen molar-refractivity contribution in [2.24, 2.45) is 0 Å². The third kappa shape index (κ3) is 4.59. The van der Waals surface area contributed by atoms with Crippen molar-refractivity contribution >= 4 is 12.0 Å². The molecule has 0 bridgehead atoms. The van der Waals surface area contributed by atoms with E-state index in [1.165, 1.54) is 0 Å². The summed E-state index contributed by atoms with van der Waals surface area (Å²) in [6.45, 7) is 3.07. The average molecular weight is 364 g/mol. The lowest BCUT2D eigenvalue weighted by Crippen LogP contribution is -2.23. The molecule has 3 rings (SSSR count). The van der Waals surface area contributed by atoms with Crippen molar-refractivity contribution in [3.05, 3.63) is 59.2 Å². The van der Waals surface area contributed by atoms with Crippen molar-refractivity contribution in [3.63, 3.8) is 0 Å². The van der Waals surface area contributed by atoms with Gasteiger partial charge < -0.3 is 19.5 Å². The van der Waals surface area contributed by atoms with E-state index in [4.69, 9.17) is 14.2 Å². The fourth-order valence-electron chi connectivity index (χ4n) is 2.58. The zero-order valence-electron chi connectivity index (χ0n) is 15.0. The minimum Gasteiger partial charge on any atom is -0.493 e. The third-order valence-electron chi connectivity index (χ3n) is 3.94. The summed E-state index contributed by atoms with van der Waals surface area (Å²) in [5.74, 6) is 1.54. The van der Waals surface area contributed by atoms with Crippen LogP contribution in [0.3, 0.4) is 0 Å². The maximum absolute atomic E-state index is 12.4. The number of hydrogen-bond acceptors (Lipinski definition) is 5. The number of hydrogen-bond donors (Lipinski definition) is 1. The fourth-order valence-corrected chi connectivity index (χ4v) is 2.58. The average Bonchev–Trinajstić information content (AvgIpc) is 3.17. The number of amides is 1. The molecule has 1 amide bonds. The van der Waals surface area contributed by atoms with Crippen molar-refractivity contribution in [3.8, 4) is 23.3 Å². The van der Waals surface area contributed by atoms with Crippen LogP contribution in [0.4, 0.5) is 0 Å². The molecule has 2 aromatic rings. The van der Waals surface area contributed by atoms with Gasteiger partial charge in [-0.05, 0) is 36.3 Å². The lowest BCUT2D eigenvalue weighted by molar-refractivity contribution is -0.117. The second kappa shape index (κ2) is 8.77. The Morgan fingerprint density at radius 2 is 2.07 bits per heavy atom.